The van der Waals surface area contributed by atoms with Crippen molar-refractivity contribution in [2.24, 2.45) is 0 Å². The van der Waals surface area contributed by atoms with Crippen molar-refractivity contribution in [1.82, 2.24) is 4.90 Å². The van der Waals surface area contributed by atoms with Crippen LogP contribution < -0.4 is 9.64 Å². The molecule has 1 aliphatic heterocycles. The summed E-state index contributed by atoms with van der Waals surface area (Å²) in [5, 5.41) is 19.0. The summed E-state index contributed by atoms with van der Waals surface area (Å²) in [6.45, 7) is 6.35. The van der Waals surface area contributed by atoms with Gasteiger partial charge >= 0.3 is 0 Å². The van der Waals surface area contributed by atoms with Crippen LogP contribution in [0.25, 0.3) is 0 Å². The van der Waals surface area contributed by atoms with Crippen LogP contribution in [0.3, 0.4) is 0 Å². The van der Waals surface area contributed by atoms with E-state index in [2.05, 4.69) is 9.80 Å². The summed E-state index contributed by atoms with van der Waals surface area (Å²) in [4.78, 5) is 4.52. The Morgan fingerprint density at radius 3 is 2.50 bits per heavy atom. The van der Waals surface area contributed by atoms with Crippen molar-refractivity contribution >= 4 is 5.69 Å². The molecule has 0 aliphatic carbocycles. The van der Waals surface area contributed by atoms with Gasteiger partial charge in [0.25, 0.3) is 0 Å². The molecular weight excluding hydrogens is 256 g/mol. The molecule has 5 heteroatoms. The van der Waals surface area contributed by atoms with Crippen LogP contribution in [0, 0.1) is 0 Å². The third-order valence-electron chi connectivity index (χ3n) is 3.81. The minimum absolute atomic E-state index is 0.206. The molecule has 1 atom stereocenters. The highest BCUT2D eigenvalue weighted by molar-refractivity contribution is 5.60. The lowest BCUT2D eigenvalue weighted by Crippen LogP contribution is -2.47. The molecule has 0 radical (unpaired) electrons. The van der Waals surface area contributed by atoms with Gasteiger partial charge < -0.3 is 19.8 Å². The first-order valence-corrected chi connectivity index (χ1v) is 7.10. The Hall–Kier alpha value is -1.30. The van der Waals surface area contributed by atoms with Gasteiger partial charge in [-0.2, -0.15) is 0 Å². The maximum absolute atomic E-state index is 10.0. The molecule has 2 N–H and O–H groups in total. The molecule has 1 saturated heterocycles. The molecule has 20 heavy (non-hydrogen) atoms. The van der Waals surface area contributed by atoms with Crippen LogP contribution in [-0.2, 0) is 0 Å². The van der Waals surface area contributed by atoms with Crippen molar-refractivity contribution < 1.29 is 14.9 Å². The van der Waals surface area contributed by atoms with Crippen LogP contribution in [0.1, 0.15) is 18.6 Å². The number of ether oxygens (including phenoxy) is 1. The van der Waals surface area contributed by atoms with Gasteiger partial charge in [0.1, 0.15) is 5.75 Å². The summed E-state index contributed by atoms with van der Waals surface area (Å²) in [5.74, 6) is 0.732. The molecule has 0 saturated carbocycles. The van der Waals surface area contributed by atoms with Gasteiger partial charge in [0, 0.05) is 44.0 Å². The van der Waals surface area contributed by atoms with Crippen LogP contribution in [-0.4, -0.2) is 61.6 Å². The highest BCUT2D eigenvalue weighted by Crippen LogP contribution is 2.34. The van der Waals surface area contributed by atoms with E-state index in [1.165, 1.54) is 0 Å². The molecule has 0 spiro atoms. The molecule has 0 amide bonds. The second kappa shape index (κ2) is 6.92. The summed E-state index contributed by atoms with van der Waals surface area (Å²) in [6.07, 6.45) is -0.559. The molecule has 0 unspecified atom stereocenters. The molecule has 2 rings (SSSR count). The minimum Gasteiger partial charge on any atom is -0.496 e. The SMILES string of the molecule is COc1cccc(N2CCN(CCO)CC2)c1[C@@H](C)O. The highest BCUT2D eigenvalue weighted by Gasteiger charge is 2.22. The van der Waals surface area contributed by atoms with Crippen molar-refractivity contribution in [3.63, 3.8) is 0 Å². The molecular formula is C15H24N2O3. The third kappa shape index (κ3) is 3.23. The van der Waals surface area contributed by atoms with Gasteiger partial charge in [-0.15, -0.1) is 0 Å². The lowest BCUT2D eigenvalue weighted by atomic mass is 10.0. The molecule has 0 aromatic heterocycles. The van der Waals surface area contributed by atoms with Crippen LogP contribution in [0.2, 0.25) is 0 Å². The summed E-state index contributed by atoms with van der Waals surface area (Å²) in [5.41, 5.74) is 1.90. The fourth-order valence-corrected chi connectivity index (χ4v) is 2.76. The van der Waals surface area contributed by atoms with E-state index in [4.69, 9.17) is 9.84 Å². The van der Waals surface area contributed by atoms with Crippen LogP contribution in [0.5, 0.6) is 5.75 Å². The third-order valence-corrected chi connectivity index (χ3v) is 3.81. The Morgan fingerprint density at radius 1 is 1.25 bits per heavy atom. The Labute approximate surface area is 120 Å². The van der Waals surface area contributed by atoms with Crippen LogP contribution >= 0.6 is 0 Å². The Balaban J connectivity index is 2.17. The summed E-state index contributed by atoms with van der Waals surface area (Å²) in [7, 11) is 1.63. The Kier molecular flexibility index (Phi) is 5.23. The van der Waals surface area contributed by atoms with Crippen LogP contribution in [0.15, 0.2) is 18.2 Å². The summed E-state index contributed by atoms with van der Waals surface area (Å²) >= 11 is 0. The smallest absolute Gasteiger partial charge is 0.126 e. The number of nitrogens with zero attached hydrogens (tertiary/aromatic N) is 2. The van der Waals surface area contributed by atoms with Crippen LogP contribution in [0.4, 0.5) is 5.69 Å². The molecule has 1 aromatic carbocycles. The molecule has 0 bridgehead atoms. The van der Waals surface area contributed by atoms with E-state index in [9.17, 15) is 5.11 Å². The average molecular weight is 280 g/mol. The van der Waals surface area contributed by atoms with Crippen molar-refractivity contribution in [3.8, 4) is 5.75 Å². The second-order valence-electron chi connectivity index (χ2n) is 5.12. The lowest BCUT2D eigenvalue weighted by molar-refractivity contribution is 0.186. The molecule has 1 aliphatic rings. The molecule has 1 heterocycles. The Morgan fingerprint density at radius 2 is 1.95 bits per heavy atom. The number of benzene rings is 1. The molecule has 5 nitrogen and oxygen atoms in total. The number of piperazine rings is 1. The maximum atomic E-state index is 10.0. The predicted molar refractivity (Wildman–Crippen MR) is 79.4 cm³/mol. The summed E-state index contributed by atoms with van der Waals surface area (Å²) in [6, 6.07) is 5.87. The topological polar surface area (TPSA) is 56.2 Å². The monoisotopic (exact) mass is 280 g/mol. The zero-order valence-corrected chi connectivity index (χ0v) is 12.2. The fraction of sp³-hybridized carbons (Fsp3) is 0.600. The van der Waals surface area contributed by atoms with E-state index in [-0.39, 0.29) is 6.61 Å². The second-order valence-corrected chi connectivity index (χ2v) is 5.12. The molecule has 112 valence electrons. The van der Waals surface area contributed by atoms with E-state index in [1.54, 1.807) is 14.0 Å². The summed E-state index contributed by atoms with van der Waals surface area (Å²) < 4.78 is 5.37. The Bertz CT molecular complexity index is 429. The standard InChI is InChI=1S/C15H24N2O3/c1-12(19)15-13(4-3-5-14(15)20-2)17-8-6-16(7-9-17)10-11-18/h3-5,12,18-19H,6-11H2,1-2H3/t12-/m1/s1. The highest BCUT2D eigenvalue weighted by atomic mass is 16.5. The number of β-amino-alcohol motifs (C(OH)–C–C–N with tert-alkyl or cyclic N) is 1. The van der Waals surface area contributed by atoms with Gasteiger partial charge in [-0.25, -0.2) is 0 Å². The number of rotatable bonds is 5. The number of aliphatic hydroxyl groups is 2. The van der Waals surface area contributed by atoms with E-state index >= 15 is 0 Å². The van der Waals surface area contributed by atoms with Gasteiger partial charge in [-0.1, -0.05) is 6.07 Å². The minimum atomic E-state index is -0.559. The number of hydrogen-bond acceptors (Lipinski definition) is 5. The molecule has 1 fully saturated rings. The van der Waals surface area contributed by atoms with Gasteiger partial charge in [0.15, 0.2) is 0 Å². The largest absolute Gasteiger partial charge is 0.496 e. The van der Waals surface area contributed by atoms with E-state index < -0.39 is 6.10 Å². The number of aliphatic hydroxyl groups excluding tert-OH is 2. The van der Waals surface area contributed by atoms with E-state index in [0.717, 1.165) is 49.7 Å². The van der Waals surface area contributed by atoms with E-state index in [1.807, 2.05) is 18.2 Å². The number of methoxy groups -OCH3 is 1. The lowest BCUT2D eigenvalue weighted by Gasteiger charge is -2.37. The van der Waals surface area contributed by atoms with Gasteiger partial charge in [0.05, 0.1) is 19.8 Å². The average Bonchev–Trinajstić information content (AvgIpc) is 2.47. The number of anilines is 1. The first kappa shape index (κ1) is 15.1. The van der Waals surface area contributed by atoms with Gasteiger partial charge in [-0.05, 0) is 19.1 Å². The number of hydrogen-bond donors (Lipinski definition) is 2. The maximum Gasteiger partial charge on any atom is 0.126 e. The zero-order valence-electron chi connectivity index (χ0n) is 12.2. The van der Waals surface area contributed by atoms with Crippen molar-refractivity contribution in [1.29, 1.82) is 0 Å². The first-order chi connectivity index (χ1) is 9.67. The van der Waals surface area contributed by atoms with Gasteiger partial charge in [-0.3, -0.25) is 4.90 Å². The zero-order chi connectivity index (χ0) is 14.5. The van der Waals surface area contributed by atoms with Crippen molar-refractivity contribution in [2.45, 2.75) is 13.0 Å². The van der Waals surface area contributed by atoms with Crippen molar-refractivity contribution in [2.75, 3.05) is 51.3 Å². The van der Waals surface area contributed by atoms with E-state index in [0.29, 0.717) is 0 Å². The molecule has 1 aromatic rings. The first-order valence-electron chi connectivity index (χ1n) is 7.10. The fourth-order valence-electron chi connectivity index (χ4n) is 2.76. The van der Waals surface area contributed by atoms with Gasteiger partial charge in [0.2, 0.25) is 0 Å². The quantitative estimate of drug-likeness (QED) is 0.838. The van der Waals surface area contributed by atoms with Crippen molar-refractivity contribution in [3.05, 3.63) is 23.8 Å². The predicted octanol–water partition coefficient (Wildman–Crippen LogP) is 0.863. The normalized spacial score (nSPS) is 18.1.